The Kier molecular flexibility index (Phi) is 3.89. The molecule has 1 saturated heterocycles. The van der Waals surface area contributed by atoms with E-state index in [2.05, 4.69) is 10.3 Å². The Labute approximate surface area is 148 Å². The maximum Gasteiger partial charge on any atom is 0.310 e. The van der Waals surface area contributed by atoms with Crippen molar-refractivity contribution in [2.24, 2.45) is 11.8 Å². The number of carbonyl (C=O) groups is 2. The molecule has 4 atom stereocenters. The summed E-state index contributed by atoms with van der Waals surface area (Å²) < 4.78 is 5.53. The maximum atomic E-state index is 12.6. The molecule has 1 aromatic heterocycles. The van der Waals surface area contributed by atoms with Crippen LogP contribution in [0.4, 0.5) is 5.13 Å². The lowest BCUT2D eigenvalue weighted by Gasteiger charge is -2.20. The molecule has 0 aliphatic carbocycles. The number of aryl methyl sites for hydroxylation is 1. The Balaban J connectivity index is 1.51. The van der Waals surface area contributed by atoms with Crippen molar-refractivity contribution in [3.63, 3.8) is 0 Å². The smallest absolute Gasteiger partial charge is 0.310 e. The molecule has 25 heavy (non-hydrogen) atoms. The van der Waals surface area contributed by atoms with Crippen molar-refractivity contribution in [2.75, 3.05) is 5.32 Å². The summed E-state index contributed by atoms with van der Waals surface area (Å²) in [6, 6.07) is 7.96. The number of nitrogens with zero attached hydrogens (tertiary/aromatic N) is 1. The molecule has 1 aromatic carbocycles. The largest absolute Gasteiger partial charge is 0.481 e. The molecule has 1 amide bonds. The first-order valence-electron chi connectivity index (χ1n) is 7.93. The van der Waals surface area contributed by atoms with E-state index in [0.29, 0.717) is 5.13 Å². The van der Waals surface area contributed by atoms with Crippen LogP contribution in [0.2, 0.25) is 0 Å². The van der Waals surface area contributed by atoms with E-state index in [1.807, 2.05) is 36.6 Å². The molecular formula is C18H16N2O4S. The van der Waals surface area contributed by atoms with E-state index in [0.717, 1.165) is 16.8 Å². The number of carboxylic acids is 1. The molecule has 2 aliphatic rings. The zero-order valence-corrected chi connectivity index (χ0v) is 14.2. The van der Waals surface area contributed by atoms with Gasteiger partial charge in [-0.15, -0.1) is 11.3 Å². The topological polar surface area (TPSA) is 88.5 Å². The van der Waals surface area contributed by atoms with Crippen LogP contribution >= 0.6 is 11.3 Å². The van der Waals surface area contributed by atoms with Crippen molar-refractivity contribution < 1.29 is 19.4 Å². The molecule has 0 unspecified atom stereocenters. The first-order chi connectivity index (χ1) is 12.0. The van der Waals surface area contributed by atoms with Crippen LogP contribution in [0.1, 0.15) is 5.56 Å². The third-order valence-electron chi connectivity index (χ3n) is 4.57. The first kappa shape index (κ1) is 16.0. The summed E-state index contributed by atoms with van der Waals surface area (Å²) in [5.74, 6) is -2.98. The number of thiazole rings is 1. The van der Waals surface area contributed by atoms with E-state index < -0.39 is 30.0 Å². The van der Waals surface area contributed by atoms with Gasteiger partial charge in [0.05, 0.1) is 23.8 Å². The van der Waals surface area contributed by atoms with Gasteiger partial charge in [0.25, 0.3) is 0 Å². The fourth-order valence-electron chi connectivity index (χ4n) is 3.29. The Hall–Kier alpha value is -2.51. The number of anilines is 1. The highest BCUT2D eigenvalue weighted by Gasteiger charge is 2.53. The zero-order valence-electron chi connectivity index (χ0n) is 13.4. The van der Waals surface area contributed by atoms with Crippen LogP contribution in [0, 0.1) is 18.8 Å². The number of aromatic nitrogens is 1. The normalized spacial score (nSPS) is 26.8. The molecule has 7 heteroatoms. The lowest BCUT2D eigenvalue weighted by molar-refractivity contribution is -0.145. The van der Waals surface area contributed by atoms with E-state index >= 15 is 0 Å². The van der Waals surface area contributed by atoms with Crippen LogP contribution in [-0.4, -0.2) is 34.2 Å². The molecule has 1 fully saturated rings. The van der Waals surface area contributed by atoms with Gasteiger partial charge in [-0.1, -0.05) is 42.0 Å². The maximum absolute atomic E-state index is 12.6. The van der Waals surface area contributed by atoms with Gasteiger partial charge in [0.15, 0.2) is 5.13 Å². The molecule has 0 radical (unpaired) electrons. The Bertz CT molecular complexity index is 858. The number of carboxylic acid groups (broad SMARTS) is 1. The van der Waals surface area contributed by atoms with Crippen molar-refractivity contribution in [1.82, 2.24) is 4.98 Å². The summed E-state index contributed by atoms with van der Waals surface area (Å²) in [5.41, 5.74) is 2.91. The molecule has 128 valence electrons. The summed E-state index contributed by atoms with van der Waals surface area (Å²) in [4.78, 5) is 28.5. The van der Waals surface area contributed by atoms with E-state index in [-0.39, 0.29) is 5.91 Å². The van der Waals surface area contributed by atoms with Gasteiger partial charge in [-0.05, 0) is 6.92 Å². The molecule has 3 heterocycles. The number of aliphatic carboxylic acids is 1. The van der Waals surface area contributed by atoms with Gasteiger partial charge in [-0.3, -0.25) is 9.59 Å². The number of fused-ring (bicyclic) bond motifs is 2. The van der Waals surface area contributed by atoms with Gasteiger partial charge in [0.2, 0.25) is 5.91 Å². The molecule has 4 rings (SSSR count). The van der Waals surface area contributed by atoms with Crippen molar-refractivity contribution in [3.05, 3.63) is 47.4 Å². The van der Waals surface area contributed by atoms with Crippen molar-refractivity contribution >= 4 is 28.3 Å². The molecule has 6 nitrogen and oxygen atoms in total. The monoisotopic (exact) mass is 356 g/mol. The second-order valence-electron chi connectivity index (χ2n) is 6.23. The SMILES string of the molecule is Cc1ccc(-c2csc(NC(=O)[C@@H]3[C@H](C(=O)O)[C@H]4C=C[C@H]3O4)n2)cc1. The number of ether oxygens (including phenoxy) is 1. The van der Waals surface area contributed by atoms with Gasteiger partial charge in [0.1, 0.15) is 5.92 Å². The van der Waals surface area contributed by atoms with Crippen LogP contribution in [0.25, 0.3) is 11.3 Å². The summed E-state index contributed by atoms with van der Waals surface area (Å²) in [6.45, 7) is 2.02. The third-order valence-corrected chi connectivity index (χ3v) is 5.33. The van der Waals surface area contributed by atoms with Gasteiger partial charge in [0, 0.05) is 10.9 Å². The molecular weight excluding hydrogens is 340 g/mol. The summed E-state index contributed by atoms with van der Waals surface area (Å²) in [5, 5.41) is 14.5. The second-order valence-corrected chi connectivity index (χ2v) is 7.09. The highest BCUT2D eigenvalue weighted by molar-refractivity contribution is 7.14. The molecule has 0 saturated carbocycles. The fourth-order valence-corrected chi connectivity index (χ4v) is 4.01. The van der Waals surface area contributed by atoms with Gasteiger partial charge >= 0.3 is 5.97 Å². The van der Waals surface area contributed by atoms with Crippen molar-refractivity contribution in [3.8, 4) is 11.3 Å². The lowest BCUT2D eigenvalue weighted by Crippen LogP contribution is -2.39. The number of hydrogen-bond acceptors (Lipinski definition) is 5. The average Bonchev–Trinajstić information content (AvgIpc) is 3.30. The van der Waals surface area contributed by atoms with Gasteiger partial charge < -0.3 is 15.2 Å². The predicted molar refractivity (Wildman–Crippen MR) is 93.3 cm³/mol. The van der Waals surface area contributed by atoms with Gasteiger partial charge in [-0.2, -0.15) is 0 Å². The number of hydrogen-bond donors (Lipinski definition) is 2. The Morgan fingerprint density at radius 2 is 1.84 bits per heavy atom. The third kappa shape index (κ3) is 2.85. The number of nitrogens with one attached hydrogen (secondary N) is 1. The van der Waals surface area contributed by atoms with E-state index in [1.165, 1.54) is 11.3 Å². The van der Waals surface area contributed by atoms with Crippen LogP contribution in [-0.2, 0) is 14.3 Å². The second kappa shape index (κ2) is 6.09. The molecule has 2 aromatic rings. The molecule has 0 spiro atoms. The molecule has 2 bridgehead atoms. The highest BCUT2D eigenvalue weighted by atomic mass is 32.1. The van der Waals surface area contributed by atoms with E-state index in [9.17, 15) is 14.7 Å². The summed E-state index contributed by atoms with van der Waals surface area (Å²) in [7, 11) is 0. The number of carbonyl (C=O) groups excluding carboxylic acids is 1. The Morgan fingerprint density at radius 1 is 1.16 bits per heavy atom. The summed E-state index contributed by atoms with van der Waals surface area (Å²) in [6.07, 6.45) is 2.46. The highest BCUT2D eigenvalue weighted by Crippen LogP contribution is 2.40. The number of benzene rings is 1. The van der Waals surface area contributed by atoms with Crippen LogP contribution in [0.5, 0.6) is 0 Å². The predicted octanol–water partition coefficient (Wildman–Crippen LogP) is 2.71. The van der Waals surface area contributed by atoms with Crippen LogP contribution in [0.15, 0.2) is 41.8 Å². The quantitative estimate of drug-likeness (QED) is 0.823. The van der Waals surface area contributed by atoms with E-state index in [1.54, 1.807) is 12.2 Å². The van der Waals surface area contributed by atoms with Crippen molar-refractivity contribution in [2.45, 2.75) is 19.1 Å². The minimum atomic E-state index is -1.02. The van der Waals surface area contributed by atoms with Gasteiger partial charge in [-0.25, -0.2) is 4.98 Å². The average molecular weight is 356 g/mol. The van der Waals surface area contributed by atoms with Crippen molar-refractivity contribution in [1.29, 1.82) is 0 Å². The van der Waals surface area contributed by atoms with Crippen LogP contribution in [0.3, 0.4) is 0 Å². The minimum absolute atomic E-state index is 0.367. The number of amides is 1. The fraction of sp³-hybridized carbons (Fsp3) is 0.278. The van der Waals surface area contributed by atoms with Crippen LogP contribution < -0.4 is 5.32 Å². The summed E-state index contributed by atoms with van der Waals surface area (Å²) >= 11 is 1.32. The minimum Gasteiger partial charge on any atom is -0.481 e. The number of rotatable bonds is 4. The first-order valence-corrected chi connectivity index (χ1v) is 8.81. The molecule has 2 aliphatic heterocycles. The zero-order chi connectivity index (χ0) is 17.6. The standard InChI is InChI=1S/C18H16N2O4S/c1-9-2-4-10(5-3-9)11-8-25-18(19-11)20-16(21)14-12-6-7-13(24-12)15(14)17(22)23/h2-8,12-15H,1H3,(H,22,23)(H,19,20,21)/t12-,13-,14+,15-/m1/s1. The Morgan fingerprint density at radius 3 is 2.52 bits per heavy atom. The lowest BCUT2D eigenvalue weighted by atomic mass is 9.82. The molecule has 2 N–H and O–H groups in total. The van der Waals surface area contributed by atoms with E-state index in [4.69, 9.17) is 4.74 Å².